The summed E-state index contributed by atoms with van der Waals surface area (Å²) in [7, 11) is -3.27. The zero-order chi connectivity index (χ0) is 17.2. The normalized spacial score (nSPS) is 25.6. The van der Waals surface area contributed by atoms with E-state index in [1.54, 1.807) is 24.3 Å². The van der Waals surface area contributed by atoms with E-state index >= 15 is 0 Å². The second kappa shape index (κ2) is 7.17. The number of sulfone groups is 1. The number of fused-ring (bicyclic) bond motifs is 1. The molecular weight excluding hydrogens is 318 g/mol. The van der Waals surface area contributed by atoms with Crippen molar-refractivity contribution in [3.05, 3.63) is 30.3 Å². The van der Waals surface area contributed by atoms with E-state index in [0.29, 0.717) is 4.90 Å². The average Bonchev–Trinajstić information content (AvgIpc) is 2.98. The first-order valence-electron chi connectivity index (χ1n) is 9.42. The van der Waals surface area contributed by atoms with Gasteiger partial charge < -0.3 is 4.90 Å². The Hall–Kier alpha value is -0.870. The number of hydrogen-bond acceptors (Lipinski definition) is 3. The lowest BCUT2D eigenvalue weighted by molar-refractivity contribution is 0.299. The van der Waals surface area contributed by atoms with Crippen LogP contribution in [0.15, 0.2) is 35.2 Å². The molecule has 0 aromatic heterocycles. The summed E-state index contributed by atoms with van der Waals surface area (Å²) >= 11 is 0. The Balaban J connectivity index is 1.54. The van der Waals surface area contributed by atoms with Crippen LogP contribution in [-0.4, -0.2) is 37.7 Å². The van der Waals surface area contributed by atoms with Crippen LogP contribution in [0.3, 0.4) is 0 Å². The molecule has 2 aliphatic rings. The molecule has 1 heterocycles. The second-order valence-corrected chi connectivity index (χ2v) is 10.8. The number of hydrogen-bond donors (Lipinski definition) is 0. The van der Waals surface area contributed by atoms with Crippen LogP contribution in [0.4, 0.5) is 0 Å². The average molecular weight is 350 g/mol. The van der Waals surface area contributed by atoms with Gasteiger partial charge in [0.1, 0.15) is 0 Å². The Labute approximate surface area is 147 Å². The molecule has 3 rings (SSSR count). The lowest BCUT2D eigenvalue weighted by atomic mass is 9.82. The second-order valence-electron chi connectivity index (χ2n) is 8.24. The highest BCUT2D eigenvalue weighted by Gasteiger charge is 2.37. The summed E-state index contributed by atoms with van der Waals surface area (Å²) in [6, 6.07) is 8.88. The van der Waals surface area contributed by atoms with Gasteiger partial charge in [-0.15, -0.1) is 0 Å². The van der Waals surface area contributed by atoms with Crippen molar-refractivity contribution in [1.29, 1.82) is 0 Å². The fourth-order valence-electron chi connectivity index (χ4n) is 4.47. The molecular formula is C20H31NO2S. The van der Waals surface area contributed by atoms with Crippen LogP contribution in [0, 0.1) is 11.8 Å². The van der Waals surface area contributed by atoms with E-state index in [4.69, 9.17) is 0 Å². The molecule has 2 unspecified atom stereocenters. The molecule has 134 valence electrons. The molecule has 0 radical (unpaired) electrons. The minimum atomic E-state index is -3.27. The Morgan fingerprint density at radius 3 is 2.21 bits per heavy atom. The van der Waals surface area contributed by atoms with E-state index in [-0.39, 0.29) is 0 Å². The Bertz CT molecular complexity index is 625. The van der Waals surface area contributed by atoms with Gasteiger partial charge in [-0.05, 0) is 70.0 Å². The Kier molecular flexibility index (Phi) is 5.36. The summed E-state index contributed by atoms with van der Waals surface area (Å²) in [5.74, 6) is 1.81. The van der Waals surface area contributed by atoms with Crippen molar-refractivity contribution >= 4 is 9.84 Å². The predicted octanol–water partition coefficient (Wildman–Crippen LogP) is 4.14. The number of nitrogens with zero attached hydrogens (tertiary/aromatic N) is 1. The van der Waals surface area contributed by atoms with Crippen molar-refractivity contribution in [2.24, 2.45) is 11.8 Å². The van der Waals surface area contributed by atoms with Crippen molar-refractivity contribution in [3.63, 3.8) is 0 Å². The third-order valence-corrected chi connectivity index (χ3v) is 8.64. The maximum atomic E-state index is 12.9. The van der Waals surface area contributed by atoms with Crippen LogP contribution in [0.5, 0.6) is 0 Å². The quantitative estimate of drug-likeness (QED) is 0.774. The smallest absolute Gasteiger partial charge is 0.183 e. The van der Waals surface area contributed by atoms with E-state index in [1.165, 1.54) is 38.8 Å². The predicted molar refractivity (Wildman–Crippen MR) is 98.8 cm³/mol. The van der Waals surface area contributed by atoms with Crippen molar-refractivity contribution in [1.82, 2.24) is 4.90 Å². The van der Waals surface area contributed by atoms with E-state index in [9.17, 15) is 8.42 Å². The molecule has 1 saturated heterocycles. The van der Waals surface area contributed by atoms with Gasteiger partial charge in [-0.1, -0.05) is 31.0 Å². The van der Waals surface area contributed by atoms with Gasteiger partial charge >= 0.3 is 0 Å². The highest BCUT2D eigenvalue weighted by Crippen LogP contribution is 2.36. The van der Waals surface area contributed by atoms with Gasteiger partial charge in [0, 0.05) is 13.1 Å². The molecule has 1 aromatic carbocycles. The topological polar surface area (TPSA) is 37.4 Å². The van der Waals surface area contributed by atoms with Crippen molar-refractivity contribution in [2.45, 2.75) is 62.0 Å². The fourth-order valence-corrected chi connectivity index (χ4v) is 6.03. The van der Waals surface area contributed by atoms with Crippen LogP contribution < -0.4 is 0 Å². The van der Waals surface area contributed by atoms with Crippen LogP contribution in [0.2, 0.25) is 0 Å². The van der Waals surface area contributed by atoms with Gasteiger partial charge in [0.25, 0.3) is 0 Å². The van der Waals surface area contributed by atoms with Crippen molar-refractivity contribution in [2.75, 3.05) is 19.6 Å². The molecule has 2 atom stereocenters. The highest BCUT2D eigenvalue weighted by molar-refractivity contribution is 7.92. The SMILES string of the molecule is CC(C)(CCCN1CC2CCCCC2C1)S(=O)(=O)c1ccccc1. The lowest BCUT2D eigenvalue weighted by Crippen LogP contribution is -2.33. The van der Waals surface area contributed by atoms with E-state index in [0.717, 1.165) is 31.2 Å². The van der Waals surface area contributed by atoms with E-state index in [1.807, 2.05) is 19.9 Å². The third kappa shape index (κ3) is 3.70. The fraction of sp³-hybridized carbons (Fsp3) is 0.700. The number of rotatable bonds is 6. The minimum absolute atomic E-state index is 0.446. The summed E-state index contributed by atoms with van der Waals surface area (Å²) in [4.78, 5) is 3.02. The number of likely N-dealkylation sites (tertiary alicyclic amines) is 1. The summed E-state index contributed by atoms with van der Waals surface area (Å²) in [5, 5.41) is 0. The summed E-state index contributed by atoms with van der Waals surface area (Å²) < 4.78 is 25.0. The van der Waals surface area contributed by atoms with Gasteiger partial charge in [-0.3, -0.25) is 0 Å². The highest BCUT2D eigenvalue weighted by atomic mass is 32.2. The molecule has 1 aromatic rings. The van der Waals surface area contributed by atoms with Crippen molar-refractivity contribution < 1.29 is 8.42 Å². The van der Waals surface area contributed by atoms with Crippen LogP contribution >= 0.6 is 0 Å². The molecule has 2 fully saturated rings. The van der Waals surface area contributed by atoms with Gasteiger partial charge in [-0.2, -0.15) is 0 Å². The Morgan fingerprint density at radius 2 is 1.62 bits per heavy atom. The van der Waals surface area contributed by atoms with Crippen LogP contribution in [-0.2, 0) is 9.84 Å². The Morgan fingerprint density at radius 1 is 1.04 bits per heavy atom. The monoisotopic (exact) mass is 349 g/mol. The standard InChI is InChI=1S/C20H31NO2S/c1-20(2,24(22,23)19-11-4-3-5-12-19)13-8-14-21-15-17-9-6-7-10-18(17)16-21/h3-5,11-12,17-18H,6-10,13-16H2,1-2H3. The maximum absolute atomic E-state index is 12.9. The molecule has 0 N–H and O–H groups in total. The molecule has 1 aliphatic heterocycles. The molecule has 4 heteroatoms. The first-order valence-corrected chi connectivity index (χ1v) is 10.9. The first-order chi connectivity index (χ1) is 11.4. The van der Waals surface area contributed by atoms with E-state index < -0.39 is 14.6 Å². The van der Waals surface area contributed by atoms with Gasteiger partial charge in [0.15, 0.2) is 9.84 Å². The molecule has 0 spiro atoms. The summed E-state index contributed by atoms with van der Waals surface area (Å²) in [6.45, 7) is 7.26. The summed E-state index contributed by atoms with van der Waals surface area (Å²) in [6.07, 6.45) is 7.27. The van der Waals surface area contributed by atoms with E-state index in [2.05, 4.69) is 4.90 Å². The van der Waals surface area contributed by atoms with Gasteiger partial charge in [0.2, 0.25) is 0 Å². The van der Waals surface area contributed by atoms with Crippen molar-refractivity contribution in [3.8, 4) is 0 Å². The molecule has 1 aliphatic carbocycles. The van der Waals surface area contributed by atoms with Crippen LogP contribution in [0.1, 0.15) is 52.4 Å². The lowest BCUT2D eigenvalue weighted by Gasteiger charge is -2.26. The zero-order valence-corrected chi connectivity index (χ0v) is 15.9. The first kappa shape index (κ1) is 17.9. The maximum Gasteiger partial charge on any atom is 0.183 e. The van der Waals surface area contributed by atoms with Crippen LogP contribution in [0.25, 0.3) is 0 Å². The molecule has 24 heavy (non-hydrogen) atoms. The molecule has 1 saturated carbocycles. The zero-order valence-electron chi connectivity index (χ0n) is 15.1. The summed E-state index contributed by atoms with van der Waals surface area (Å²) in [5.41, 5.74) is 0. The molecule has 0 bridgehead atoms. The van der Waals surface area contributed by atoms with Gasteiger partial charge in [-0.25, -0.2) is 8.42 Å². The number of benzene rings is 1. The minimum Gasteiger partial charge on any atom is -0.303 e. The van der Waals surface area contributed by atoms with Gasteiger partial charge in [0.05, 0.1) is 9.64 Å². The largest absolute Gasteiger partial charge is 0.303 e. The third-order valence-electron chi connectivity index (χ3n) is 6.09. The molecule has 0 amide bonds. The molecule has 3 nitrogen and oxygen atoms in total.